The standard InChI is InChI=1S/C20H16N6/c1-14-12-18(15-8-4-2-5-9-15)26-19(17(14)13-21)23-24-20(25-26)22-16-10-6-3-7-11-16/h2-12H,1H3,(H2,22,24,25). The molecule has 0 amide bonds. The number of benzene rings is 2. The second kappa shape index (κ2) is 6.57. The van der Waals surface area contributed by atoms with Crippen LogP contribution in [-0.4, -0.2) is 16.8 Å². The predicted molar refractivity (Wildman–Crippen MR) is 102 cm³/mol. The number of nitriles is 1. The number of hydrogen-bond donors (Lipinski definition) is 2. The number of para-hydroxylation sites is 1. The Hall–Kier alpha value is -3.85. The smallest absolute Gasteiger partial charge is 0.237 e. The van der Waals surface area contributed by atoms with Crippen molar-refractivity contribution in [2.24, 2.45) is 10.1 Å². The quantitative estimate of drug-likeness (QED) is 0.879. The van der Waals surface area contributed by atoms with Gasteiger partial charge >= 0.3 is 0 Å². The Labute approximate surface area is 151 Å². The summed E-state index contributed by atoms with van der Waals surface area (Å²) >= 11 is 0. The molecule has 0 aliphatic carbocycles. The number of allylic oxidation sites excluding steroid dienone is 2. The van der Waals surface area contributed by atoms with E-state index in [1.807, 2.05) is 73.7 Å². The van der Waals surface area contributed by atoms with Crippen molar-refractivity contribution >= 4 is 23.2 Å². The number of nitrogens with one attached hydrogen (secondary N) is 2. The van der Waals surface area contributed by atoms with Crippen LogP contribution in [0.4, 0.5) is 5.69 Å². The first kappa shape index (κ1) is 15.7. The highest BCUT2D eigenvalue weighted by molar-refractivity contribution is 6.11. The van der Waals surface area contributed by atoms with E-state index in [9.17, 15) is 5.26 Å². The molecule has 0 fully saturated rings. The van der Waals surface area contributed by atoms with Gasteiger partial charge in [-0.25, -0.2) is 15.4 Å². The molecule has 2 aromatic carbocycles. The molecule has 0 spiro atoms. The van der Waals surface area contributed by atoms with Crippen molar-refractivity contribution in [2.45, 2.75) is 6.92 Å². The van der Waals surface area contributed by atoms with E-state index in [0.717, 1.165) is 22.5 Å². The summed E-state index contributed by atoms with van der Waals surface area (Å²) in [7, 11) is 0. The summed E-state index contributed by atoms with van der Waals surface area (Å²) < 4.78 is 0. The van der Waals surface area contributed by atoms with Gasteiger partial charge < -0.3 is 0 Å². The van der Waals surface area contributed by atoms with Gasteiger partial charge in [-0.15, -0.1) is 0 Å². The molecule has 0 saturated heterocycles. The minimum atomic E-state index is 0.485. The van der Waals surface area contributed by atoms with E-state index in [2.05, 4.69) is 27.0 Å². The molecule has 0 unspecified atom stereocenters. The summed E-state index contributed by atoms with van der Waals surface area (Å²) in [6, 6.07) is 21.8. The van der Waals surface area contributed by atoms with Gasteiger partial charge in [0.15, 0.2) is 5.84 Å². The van der Waals surface area contributed by atoms with Crippen molar-refractivity contribution in [3.63, 3.8) is 0 Å². The third-order valence-corrected chi connectivity index (χ3v) is 4.09. The Morgan fingerprint density at radius 2 is 1.73 bits per heavy atom. The van der Waals surface area contributed by atoms with E-state index in [-0.39, 0.29) is 0 Å². The lowest BCUT2D eigenvalue weighted by Gasteiger charge is -2.35. The Kier molecular flexibility index (Phi) is 3.96. The maximum atomic E-state index is 9.53. The van der Waals surface area contributed by atoms with Crippen molar-refractivity contribution in [2.75, 3.05) is 0 Å². The van der Waals surface area contributed by atoms with Crippen LogP contribution in [0, 0.1) is 11.3 Å². The number of hydrazine groups is 1. The average molecular weight is 340 g/mol. The molecule has 2 aromatic rings. The number of nitrogens with zero attached hydrogens (tertiary/aromatic N) is 4. The van der Waals surface area contributed by atoms with Gasteiger partial charge in [0, 0.05) is 5.56 Å². The highest BCUT2D eigenvalue weighted by Gasteiger charge is 2.30. The van der Waals surface area contributed by atoms with Gasteiger partial charge in [0.2, 0.25) is 5.96 Å². The molecule has 4 rings (SSSR count). The zero-order valence-corrected chi connectivity index (χ0v) is 14.1. The van der Waals surface area contributed by atoms with Crippen molar-refractivity contribution in [1.82, 2.24) is 15.9 Å². The number of fused-ring (bicyclic) bond motifs is 1. The first-order valence-corrected chi connectivity index (χ1v) is 8.19. The van der Waals surface area contributed by atoms with Crippen molar-refractivity contribution in [3.8, 4) is 6.07 Å². The Morgan fingerprint density at radius 3 is 2.42 bits per heavy atom. The van der Waals surface area contributed by atoms with Crippen molar-refractivity contribution < 1.29 is 0 Å². The fraction of sp³-hybridized carbons (Fsp3) is 0.0500. The number of amidine groups is 1. The monoisotopic (exact) mass is 340 g/mol. The van der Waals surface area contributed by atoms with Crippen molar-refractivity contribution in [1.29, 1.82) is 5.26 Å². The van der Waals surface area contributed by atoms with Gasteiger partial charge in [-0.3, -0.25) is 5.43 Å². The van der Waals surface area contributed by atoms with Crippen LogP contribution in [0.15, 0.2) is 88.0 Å². The summed E-state index contributed by atoms with van der Waals surface area (Å²) in [5.74, 6) is 1.01. The minimum absolute atomic E-state index is 0.485. The van der Waals surface area contributed by atoms with Gasteiger partial charge in [-0.2, -0.15) is 10.4 Å². The summed E-state index contributed by atoms with van der Waals surface area (Å²) in [4.78, 5) is 4.53. The number of hydrazone groups is 1. The van der Waals surface area contributed by atoms with Gasteiger partial charge in [0.25, 0.3) is 0 Å². The number of rotatable bonds is 2. The maximum absolute atomic E-state index is 9.53. The van der Waals surface area contributed by atoms with Crippen LogP contribution in [-0.2, 0) is 0 Å². The van der Waals surface area contributed by atoms with E-state index < -0.39 is 0 Å². The molecule has 0 radical (unpaired) electrons. The van der Waals surface area contributed by atoms with E-state index in [1.54, 1.807) is 5.01 Å². The second-order valence-electron chi connectivity index (χ2n) is 5.86. The molecule has 6 heteroatoms. The fourth-order valence-corrected chi connectivity index (χ4v) is 2.84. The summed E-state index contributed by atoms with van der Waals surface area (Å²) in [6.07, 6.45) is 1.98. The lowest BCUT2D eigenvalue weighted by molar-refractivity contribution is 0.493. The van der Waals surface area contributed by atoms with Crippen LogP contribution >= 0.6 is 0 Å². The number of guanidine groups is 1. The Balaban J connectivity index is 1.77. The molecule has 0 saturated carbocycles. The third kappa shape index (κ3) is 2.82. The topological polar surface area (TPSA) is 75.8 Å². The normalized spacial score (nSPS) is 17.5. The van der Waals surface area contributed by atoms with Crippen LogP contribution in [0.25, 0.3) is 5.70 Å². The van der Waals surface area contributed by atoms with Crippen LogP contribution in [0.3, 0.4) is 0 Å². The molecule has 6 nitrogen and oxygen atoms in total. The minimum Gasteiger partial charge on any atom is -0.260 e. The van der Waals surface area contributed by atoms with Crippen molar-refractivity contribution in [3.05, 3.63) is 83.4 Å². The molecule has 2 aliphatic heterocycles. The zero-order valence-electron chi connectivity index (χ0n) is 14.1. The van der Waals surface area contributed by atoms with Gasteiger partial charge in [0.05, 0.1) is 11.4 Å². The summed E-state index contributed by atoms with van der Waals surface area (Å²) in [5.41, 5.74) is 10.2. The molecule has 2 N–H and O–H groups in total. The van der Waals surface area contributed by atoms with Gasteiger partial charge in [-0.1, -0.05) is 48.5 Å². The molecular weight excluding hydrogens is 324 g/mol. The number of aliphatic imine (C=N–C) groups is 1. The molecule has 0 bridgehead atoms. The molecule has 26 heavy (non-hydrogen) atoms. The van der Waals surface area contributed by atoms with E-state index >= 15 is 0 Å². The first-order valence-electron chi connectivity index (χ1n) is 8.19. The highest BCUT2D eigenvalue weighted by atomic mass is 15.7. The maximum Gasteiger partial charge on any atom is 0.237 e. The summed E-state index contributed by atoms with van der Waals surface area (Å²) in [5, 5.41) is 15.7. The van der Waals surface area contributed by atoms with Gasteiger partial charge in [-0.05, 0) is 30.7 Å². The van der Waals surface area contributed by atoms with Gasteiger partial charge in [0.1, 0.15) is 11.6 Å². The Bertz CT molecular complexity index is 994. The highest BCUT2D eigenvalue weighted by Crippen LogP contribution is 2.29. The zero-order chi connectivity index (χ0) is 17.9. The van der Waals surface area contributed by atoms with Crippen LogP contribution in [0.1, 0.15) is 12.5 Å². The van der Waals surface area contributed by atoms with Crippen LogP contribution in [0.2, 0.25) is 0 Å². The van der Waals surface area contributed by atoms with Crippen LogP contribution < -0.4 is 10.9 Å². The molecule has 2 aliphatic rings. The SMILES string of the molecule is CC1=C(C#N)C2=NNC(=Nc3ccccc3)NN2C(c2ccccc2)=C1. The summed E-state index contributed by atoms with van der Waals surface area (Å²) in [6.45, 7) is 1.91. The second-order valence-corrected chi connectivity index (χ2v) is 5.86. The van der Waals surface area contributed by atoms with Crippen LogP contribution in [0.5, 0.6) is 0 Å². The predicted octanol–water partition coefficient (Wildman–Crippen LogP) is 3.29. The first-order chi connectivity index (χ1) is 12.8. The largest absolute Gasteiger partial charge is 0.260 e. The van der Waals surface area contributed by atoms with E-state index in [4.69, 9.17) is 0 Å². The van der Waals surface area contributed by atoms with E-state index in [1.165, 1.54) is 0 Å². The van der Waals surface area contributed by atoms with E-state index in [0.29, 0.717) is 17.4 Å². The average Bonchev–Trinajstić information content (AvgIpc) is 2.69. The molecular formula is C20H16N6. The molecule has 0 atom stereocenters. The lowest BCUT2D eigenvalue weighted by Crippen LogP contribution is -2.55. The number of hydrogen-bond acceptors (Lipinski definition) is 4. The fourth-order valence-electron chi connectivity index (χ4n) is 2.84. The molecule has 126 valence electrons. The Morgan fingerprint density at radius 1 is 1.04 bits per heavy atom. The molecule has 0 aromatic heterocycles. The third-order valence-electron chi connectivity index (χ3n) is 4.09. The lowest BCUT2D eigenvalue weighted by atomic mass is 10.00. The molecule has 2 heterocycles.